The predicted octanol–water partition coefficient (Wildman–Crippen LogP) is 13.4. The van der Waals surface area contributed by atoms with E-state index in [1.165, 1.54) is 131 Å². The van der Waals surface area contributed by atoms with Crippen molar-refractivity contribution >= 4 is 119 Å². The molecule has 148 heavy (non-hydrogen) atoms. The van der Waals surface area contributed by atoms with Crippen LogP contribution >= 0.6 is 0 Å². The van der Waals surface area contributed by atoms with Gasteiger partial charge in [0.25, 0.3) is 11.8 Å². The number of allylic oxidation sites excluding steroid dienone is 4. The number of aromatic hydroxyl groups is 2. The van der Waals surface area contributed by atoms with E-state index in [-0.39, 0.29) is 140 Å². The molecule has 7 aliphatic rings. The number of amides is 3. The molecular formula is C112H126N6O30. The summed E-state index contributed by atoms with van der Waals surface area (Å²) in [6, 6.07) is 21.7. The van der Waals surface area contributed by atoms with Crippen LogP contribution in [0.4, 0.5) is 16.2 Å². The number of rotatable bonds is 10. The van der Waals surface area contributed by atoms with Crippen molar-refractivity contribution < 1.29 is 126 Å². The molecule has 6 aliphatic heterocycles. The first kappa shape index (κ1) is 107. The molecule has 3 amide bonds. The van der Waals surface area contributed by atoms with Gasteiger partial charge in [-0.1, -0.05) is 140 Å². The molecule has 17 rings (SSSR count). The van der Waals surface area contributed by atoms with E-state index in [0.717, 1.165) is 48.2 Å². The topological polar surface area (TPSA) is 500 Å². The molecule has 8 bridgehead atoms. The molecule has 36 heteroatoms. The van der Waals surface area contributed by atoms with Crippen molar-refractivity contribution in [1.29, 1.82) is 0 Å². The molecule has 2 fully saturated rings. The fourth-order valence-electron chi connectivity index (χ4n) is 21.2. The number of nitrogens with one attached hydrogen (secondary N) is 2. The number of benzene rings is 8. The van der Waals surface area contributed by atoms with E-state index in [9.17, 15) is 79.2 Å². The van der Waals surface area contributed by atoms with E-state index >= 15 is 4.79 Å². The molecule has 8 aromatic carbocycles. The molecule has 1 aliphatic carbocycles. The fraction of sp³-hybridized carbons (Fsp3) is 0.438. The maximum Gasteiger partial charge on any atom is 0.409 e. The minimum Gasteiger partial charge on any atom is -0.507 e. The number of hydrogen-bond acceptors (Lipinski definition) is 33. The first-order chi connectivity index (χ1) is 70.3. The highest BCUT2D eigenvalue weighted by atomic mass is 16.7. The molecule has 0 unspecified atom stereocenters. The number of methoxy groups -OCH3 is 2. The summed E-state index contributed by atoms with van der Waals surface area (Å²) in [4.78, 5) is 138. The number of phenolic OH excluding ortho intramolecular Hbond substituents is 2. The minimum absolute atomic E-state index is 0.0182. The molecule has 10 N–H and O–H groups in total. The summed E-state index contributed by atoms with van der Waals surface area (Å²) in [6.45, 7) is 27.5. The van der Waals surface area contributed by atoms with Crippen molar-refractivity contribution in [3.8, 4) is 45.6 Å². The zero-order valence-electron chi connectivity index (χ0n) is 85.9. The summed E-state index contributed by atoms with van der Waals surface area (Å²) in [7, 11) is 4.89. The Bertz CT molecular complexity index is 7490. The Hall–Kier alpha value is -14.3. The Kier molecular flexibility index (Phi) is 30.9. The van der Waals surface area contributed by atoms with Crippen LogP contribution in [0.1, 0.15) is 151 Å². The van der Waals surface area contributed by atoms with Gasteiger partial charge in [-0.2, -0.15) is 0 Å². The van der Waals surface area contributed by atoms with Crippen molar-refractivity contribution in [2.24, 2.45) is 47.3 Å². The molecule has 36 nitrogen and oxygen atoms in total. The van der Waals surface area contributed by atoms with Crippen LogP contribution in [0, 0.1) is 61.2 Å². The summed E-state index contributed by atoms with van der Waals surface area (Å²) in [5.74, 6) is -14.1. The van der Waals surface area contributed by atoms with Gasteiger partial charge in [-0.05, 0) is 82.0 Å². The molecule has 0 radical (unpaired) electrons. The molecule has 0 spiro atoms. The first-order valence-corrected chi connectivity index (χ1v) is 49.7. The Morgan fingerprint density at radius 3 is 1.26 bits per heavy atom. The van der Waals surface area contributed by atoms with Crippen molar-refractivity contribution in [3.05, 3.63) is 219 Å². The summed E-state index contributed by atoms with van der Waals surface area (Å²) in [5, 5.41) is 98.5. The number of anilines is 2. The number of nitrogens with zero attached hydrogens (tertiary/aromatic N) is 4. The third-order valence-electron chi connectivity index (χ3n) is 30.1. The second-order valence-electron chi connectivity index (χ2n) is 40.3. The standard InChI is InChI=1S/C63H67N3O16.C49H59N3O14/c1-30-15-14-16-31(2)61(74)65-52-56(72)48-47(49-58(35(6)55(48)71)82-63(8,60(49)73)78-26-23-45(76-9)32(3)57(79-36(7)67)34(5)54(70)33(4)53(30)69)51-59(52)81-46-28-38(27-44(68)50(46)64-51)80-37-21-24-66(25-22-37)62(75)77-29-43-41-19-12-10-17-39(41)40-18-11-13-20-42(40)43;1-22-12-11-13-23(2)48(60)51-39-43(58)35-34(38-46(39)65-33-21-30(20-31(54)37(33)50-38)64-29-14-17-52(9)18-15-29)36-45(27(6)42(35)57)66-49(8,47(36)59)62-19-16-32(61-10)24(3)44(63-28(7)53)26(5)41(56)25(4)40(22)55/h10-20,23,26-28,30,32-34,37,43,45,53-54,57,69-71,73H,21-22,24-25,29H2,1-9H3,(H,65,74);11-13,16,19-22,24-26,29,32,40-41,44,55-57,59H,14-15,17-18H2,1-10H3,(H,51,60)/b15-14+,26-23+,31-16-;12-11+,19-16+,23-13-/t30-,32+,33+,34+,45-,53-,54+,57+,63-;22-,24+,25+,26+,32-,40-,41+,44+,49-/m00/s1. The van der Waals surface area contributed by atoms with E-state index < -0.39 is 200 Å². The third-order valence-corrected chi connectivity index (χ3v) is 30.1. The third kappa shape index (κ3) is 20.3. The van der Waals surface area contributed by atoms with Gasteiger partial charge in [0.05, 0.1) is 70.4 Å². The van der Waals surface area contributed by atoms with E-state index in [1.54, 1.807) is 84.6 Å². The average molecular weight is 2040 g/mol. The lowest BCUT2D eigenvalue weighted by atomic mass is 9.78. The molecule has 784 valence electrons. The number of hydrogen-bond donors (Lipinski definition) is 10. The average Bonchev–Trinajstić information content (AvgIpc) is 1.55. The Labute approximate surface area is 851 Å². The monoisotopic (exact) mass is 2030 g/mol. The van der Waals surface area contributed by atoms with Crippen LogP contribution in [-0.2, 0) is 52.3 Å². The quantitative estimate of drug-likeness (QED) is 0.0263. The second-order valence-corrected chi connectivity index (χ2v) is 40.3. The van der Waals surface area contributed by atoms with Gasteiger partial charge in [-0.3, -0.25) is 38.4 Å². The highest BCUT2D eigenvalue weighted by Crippen LogP contribution is 2.49. The van der Waals surface area contributed by atoms with Gasteiger partial charge >= 0.3 is 29.6 Å². The molecule has 0 saturated carbocycles. The van der Waals surface area contributed by atoms with Gasteiger partial charge in [0, 0.05) is 192 Å². The molecular weight excluding hydrogens is 1910 g/mol. The number of fused-ring (bicyclic) bond motifs is 7. The summed E-state index contributed by atoms with van der Waals surface area (Å²) < 4.78 is 79.4. The summed E-state index contributed by atoms with van der Waals surface area (Å²) >= 11 is 0. The number of likely N-dealkylation sites (tertiary alicyclic amines) is 2. The number of phenols is 2. The van der Waals surface area contributed by atoms with Crippen LogP contribution < -0.4 is 61.7 Å². The summed E-state index contributed by atoms with van der Waals surface area (Å²) in [5.41, 5.74) is -0.644. The number of aliphatic hydroxyl groups excluding tert-OH is 6. The van der Waals surface area contributed by atoms with Crippen LogP contribution in [0.5, 0.6) is 34.5 Å². The Morgan fingerprint density at radius 2 is 0.878 bits per heavy atom. The number of esters is 2. The van der Waals surface area contributed by atoms with Crippen LogP contribution in [0.25, 0.3) is 88.6 Å². The molecule has 8 heterocycles. The number of ether oxygens (including phenoxy) is 11. The number of carbonyl (C=O) groups excluding carboxylic acids is 5. The zero-order chi connectivity index (χ0) is 107. The van der Waals surface area contributed by atoms with Gasteiger partial charge in [0.2, 0.25) is 21.7 Å². The first-order valence-electron chi connectivity index (χ1n) is 49.7. The van der Waals surface area contributed by atoms with E-state index in [2.05, 4.69) is 39.8 Å². The maximum atomic E-state index is 15.0. The van der Waals surface area contributed by atoms with Crippen LogP contribution in [0.15, 0.2) is 173 Å². The van der Waals surface area contributed by atoms with Gasteiger partial charge in [0.15, 0.2) is 44.9 Å². The van der Waals surface area contributed by atoms with E-state index in [4.69, 9.17) is 70.9 Å². The van der Waals surface area contributed by atoms with Crippen molar-refractivity contribution in [3.63, 3.8) is 0 Å². The Balaban J connectivity index is 0.000000216. The SMILES string of the molecule is CO[C@H]1/C=C/O[C@@]2(C)Oc3c(C)c(O)c4c(=O)c(c5oc6cc(OC7CCN(C(=O)OCC8c9ccccc9-c9ccccc98)CC7)cc(=O)c6nc5c4c3=C2O)NC(=O)/C(C)=C\C=C\[C@H](C)[C@H](O)[C@@H](C)[C@@H](O)[C@@H](C)[C@H](OC(C)=O)[C@@H]1C.CO[C@H]1/C=C/O[C@@]2(C)Oc3c(C)c(O)c4c(=O)c(c5oc6cc(OC7CCN(C)CC7)cc(=O)c6nc5c4c3=C2O)NC(=O)/C(C)=C\C=C\[C@H](C)[C@H](O)[C@@H](C)[C@@H](O)[C@@H](C)[C@H](OC(C)=O)[C@@H]1C. The van der Waals surface area contributed by atoms with E-state index in [0.29, 0.717) is 25.9 Å². The van der Waals surface area contributed by atoms with Crippen LogP contribution in [-0.4, -0.2) is 217 Å². The lowest BCUT2D eigenvalue weighted by molar-refractivity contribution is -0.161. The van der Waals surface area contributed by atoms with Crippen molar-refractivity contribution in [1.82, 2.24) is 19.8 Å². The Morgan fingerprint density at radius 1 is 0.493 bits per heavy atom. The predicted molar refractivity (Wildman–Crippen MR) is 551 cm³/mol. The smallest absolute Gasteiger partial charge is 0.409 e. The van der Waals surface area contributed by atoms with Gasteiger partial charge in [-0.25, -0.2) is 14.8 Å². The number of piperidine rings is 2. The fourth-order valence-corrected chi connectivity index (χ4v) is 21.2. The molecule has 18 atom stereocenters. The number of carbonyl (C=O) groups is 5. The van der Waals surface area contributed by atoms with Gasteiger partial charge in [-0.15, -0.1) is 0 Å². The number of aliphatic hydroxyl groups is 6. The van der Waals surface area contributed by atoms with Crippen LogP contribution in [0.3, 0.4) is 0 Å². The summed E-state index contributed by atoms with van der Waals surface area (Å²) in [6.07, 6.45) is 8.09. The lowest BCUT2D eigenvalue weighted by Gasteiger charge is -2.38. The highest BCUT2D eigenvalue weighted by Gasteiger charge is 2.49. The highest BCUT2D eigenvalue weighted by molar-refractivity contribution is 6.19. The van der Waals surface area contributed by atoms with Crippen molar-refractivity contribution in [2.75, 3.05) is 64.7 Å². The zero-order valence-corrected chi connectivity index (χ0v) is 85.9. The maximum absolute atomic E-state index is 15.0. The minimum atomic E-state index is -2.03. The van der Waals surface area contributed by atoms with E-state index in [1.807, 2.05) is 31.3 Å². The molecule has 10 aromatic rings. The van der Waals surface area contributed by atoms with Gasteiger partial charge in [0.1, 0.15) is 87.9 Å². The molecule has 2 saturated heterocycles. The number of aromatic nitrogens is 2. The van der Waals surface area contributed by atoms with Crippen molar-refractivity contribution in [2.45, 2.75) is 215 Å². The largest absolute Gasteiger partial charge is 0.507 e. The molecule has 2 aromatic heterocycles. The van der Waals surface area contributed by atoms with Gasteiger partial charge < -0.3 is 122 Å². The lowest BCUT2D eigenvalue weighted by Crippen LogP contribution is -2.46. The normalized spacial score (nSPS) is 28.3. The van der Waals surface area contributed by atoms with Crippen LogP contribution in [0.2, 0.25) is 0 Å². The second kappa shape index (κ2) is 42.9.